The van der Waals surface area contributed by atoms with E-state index in [4.69, 9.17) is 0 Å². The zero-order valence-electron chi connectivity index (χ0n) is 15.0. The van der Waals surface area contributed by atoms with Crippen LogP contribution in [0.25, 0.3) is 0 Å². The molecule has 0 heterocycles. The van der Waals surface area contributed by atoms with Crippen LogP contribution in [0.5, 0.6) is 0 Å². The predicted molar refractivity (Wildman–Crippen MR) is 100 cm³/mol. The molecule has 0 radical (unpaired) electrons. The topological polar surface area (TPSA) is 32.3 Å². The second-order valence-corrected chi connectivity index (χ2v) is 6.65. The van der Waals surface area contributed by atoms with Gasteiger partial charge in [0.1, 0.15) is 0 Å². The summed E-state index contributed by atoms with van der Waals surface area (Å²) in [5.74, 6) is 0.631. The molecule has 3 nitrogen and oxygen atoms in total. The van der Waals surface area contributed by atoms with Gasteiger partial charge in [0.05, 0.1) is 6.54 Å². The average Bonchev–Trinajstić information content (AvgIpc) is 2.56. The summed E-state index contributed by atoms with van der Waals surface area (Å²) in [7, 11) is 1.97. The molecule has 2 aromatic rings. The summed E-state index contributed by atoms with van der Waals surface area (Å²) in [5.41, 5.74) is 3.83. The van der Waals surface area contributed by atoms with Crippen molar-refractivity contribution < 1.29 is 4.79 Å². The first kappa shape index (κ1) is 18.2. The van der Waals surface area contributed by atoms with Gasteiger partial charge in [-0.25, -0.2) is 0 Å². The summed E-state index contributed by atoms with van der Waals surface area (Å²) in [6.07, 6.45) is 0.868. The highest BCUT2D eigenvalue weighted by Crippen LogP contribution is 2.14. The molecule has 24 heavy (non-hydrogen) atoms. The van der Waals surface area contributed by atoms with Crippen molar-refractivity contribution in [3.05, 3.63) is 71.3 Å². The maximum Gasteiger partial charge on any atom is 0.234 e. The molecule has 0 unspecified atom stereocenters. The van der Waals surface area contributed by atoms with Crippen LogP contribution in [0.4, 0.5) is 0 Å². The van der Waals surface area contributed by atoms with Crippen LogP contribution in [0, 0.1) is 0 Å². The van der Waals surface area contributed by atoms with Crippen molar-refractivity contribution in [1.29, 1.82) is 0 Å². The zero-order valence-corrected chi connectivity index (χ0v) is 15.0. The number of amides is 1. The molecule has 0 bridgehead atoms. The molecular formula is C21H28N2O. The van der Waals surface area contributed by atoms with Gasteiger partial charge in [-0.1, -0.05) is 68.4 Å². The minimum absolute atomic E-state index is 0.0761. The second kappa shape index (κ2) is 9.24. The van der Waals surface area contributed by atoms with E-state index in [1.807, 2.05) is 30.1 Å². The van der Waals surface area contributed by atoms with E-state index >= 15 is 0 Å². The Kier molecular flexibility index (Phi) is 7.01. The van der Waals surface area contributed by atoms with Crippen LogP contribution >= 0.6 is 0 Å². The summed E-state index contributed by atoms with van der Waals surface area (Å²) in [6.45, 7) is 6.27. The van der Waals surface area contributed by atoms with Crippen molar-refractivity contribution in [3.8, 4) is 0 Å². The molecule has 0 saturated heterocycles. The molecule has 1 amide bonds. The molecule has 0 spiro atoms. The number of rotatable bonds is 8. The van der Waals surface area contributed by atoms with Gasteiger partial charge in [-0.15, -0.1) is 0 Å². The van der Waals surface area contributed by atoms with Crippen LogP contribution in [-0.2, 0) is 17.8 Å². The molecule has 0 aromatic heterocycles. The maximum atomic E-state index is 12.0. The largest absolute Gasteiger partial charge is 0.355 e. The Labute approximate surface area is 145 Å². The van der Waals surface area contributed by atoms with Crippen molar-refractivity contribution in [2.24, 2.45) is 0 Å². The van der Waals surface area contributed by atoms with Gasteiger partial charge in [0.15, 0.2) is 0 Å². The molecule has 1 N–H and O–H groups in total. The van der Waals surface area contributed by atoms with Crippen molar-refractivity contribution in [2.45, 2.75) is 32.7 Å². The molecule has 0 saturated carbocycles. The van der Waals surface area contributed by atoms with Gasteiger partial charge in [0, 0.05) is 13.1 Å². The Balaban J connectivity index is 1.69. The molecular weight excluding hydrogens is 296 g/mol. The van der Waals surface area contributed by atoms with Gasteiger partial charge >= 0.3 is 0 Å². The van der Waals surface area contributed by atoms with Gasteiger partial charge in [-0.2, -0.15) is 0 Å². The van der Waals surface area contributed by atoms with E-state index in [9.17, 15) is 4.79 Å². The lowest BCUT2D eigenvalue weighted by atomic mass is 10.0. The highest BCUT2D eigenvalue weighted by Gasteiger charge is 2.07. The van der Waals surface area contributed by atoms with Crippen molar-refractivity contribution in [3.63, 3.8) is 0 Å². The number of hydrogen-bond donors (Lipinski definition) is 1. The average molecular weight is 324 g/mol. The Morgan fingerprint density at radius 2 is 1.67 bits per heavy atom. The van der Waals surface area contributed by atoms with E-state index in [2.05, 4.69) is 55.6 Å². The summed E-state index contributed by atoms with van der Waals surface area (Å²) < 4.78 is 0. The molecule has 3 heteroatoms. The summed E-state index contributed by atoms with van der Waals surface area (Å²) >= 11 is 0. The third kappa shape index (κ3) is 6.17. The summed E-state index contributed by atoms with van der Waals surface area (Å²) in [4.78, 5) is 14.1. The number of hydrogen-bond acceptors (Lipinski definition) is 2. The van der Waals surface area contributed by atoms with E-state index in [0.717, 1.165) is 13.0 Å². The van der Waals surface area contributed by atoms with E-state index in [1.165, 1.54) is 16.7 Å². The smallest absolute Gasteiger partial charge is 0.234 e. The van der Waals surface area contributed by atoms with E-state index in [0.29, 0.717) is 19.0 Å². The first-order valence-electron chi connectivity index (χ1n) is 8.62. The second-order valence-electron chi connectivity index (χ2n) is 6.65. The number of carbonyl (C=O) groups excluding carboxylic acids is 1. The molecule has 0 aliphatic heterocycles. The zero-order chi connectivity index (χ0) is 17.4. The van der Waals surface area contributed by atoms with Crippen LogP contribution in [0.2, 0.25) is 0 Å². The van der Waals surface area contributed by atoms with E-state index in [-0.39, 0.29) is 5.91 Å². The van der Waals surface area contributed by atoms with E-state index < -0.39 is 0 Å². The standard InChI is InChI=1S/C21H28N2O/c1-17(2)20-11-9-18(10-12-20)13-14-22-21(24)16-23(3)15-19-7-5-4-6-8-19/h4-12,17H,13-16H2,1-3H3,(H,22,24). The van der Waals surface area contributed by atoms with Crippen LogP contribution < -0.4 is 5.32 Å². The van der Waals surface area contributed by atoms with Crippen LogP contribution in [-0.4, -0.2) is 30.9 Å². The van der Waals surface area contributed by atoms with Gasteiger partial charge in [-0.3, -0.25) is 9.69 Å². The van der Waals surface area contributed by atoms with Gasteiger partial charge in [0.2, 0.25) is 5.91 Å². The first-order chi connectivity index (χ1) is 11.5. The highest BCUT2D eigenvalue weighted by atomic mass is 16.2. The quantitative estimate of drug-likeness (QED) is 0.804. The molecule has 2 aromatic carbocycles. The maximum absolute atomic E-state index is 12.0. The van der Waals surface area contributed by atoms with Crippen LogP contribution in [0.3, 0.4) is 0 Å². The Hall–Kier alpha value is -2.13. The molecule has 128 valence electrons. The van der Waals surface area contributed by atoms with Crippen molar-refractivity contribution in [2.75, 3.05) is 20.1 Å². The normalized spacial score (nSPS) is 11.0. The van der Waals surface area contributed by atoms with Crippen molar-refractivity contribution in [1.82, 2.24) is 10.2 Å². The number of benzene rings is 2. The summed E-state index contributed by atoms with van der Waals surface area (Å²) in [6, 6.07) is 18.9. The van der Waals surface area contributed by atoms with Crippen LogP contribution in [0.15, 0.2) is 54.6 Å². The van der Waals surface area contributed by atoms with E-state index in [1.54, 1.807) is 0 Å². The van der Waals surface area contributed by atoms with Gasteiger partial charge in [0.25, 0.3) is 0 Å². The monoisotopic (exact) mass is 324 g/mol. The van der Waals surface area contributed by atoms with Crippen molar-refractivity contribution >= 4 is 5.91 Å². The lowest BCUT2D eigenvalue weighted by Gasteiger charge is -2.16. The highest BCUT2D eigenvalue weighted by molar-refractivity contribution is 5.77. The molecule has 0 atom stereocenters. The molecule has 0 fully saturated rings. The SMILES string of the molecule is CC(C)c1ccc(CCNC(=O)CN(C)Cc2ccccc2)cc1. The fourth-order valence-electron chi connectivity index (χ4n) is 2.67. The Morgan fingerprint density at radius 1 is 1.00 bits per heavy atom. The summed E-state index contributed by atoms with van der Waals surface area (Å²) in [5, 5.41) is 3.00. The molecule has 2 rings (SSSR count). The fraction of sp³-hybridized carbons (Fsp3) is 0.381. The van der Waals surface area contributed by atoms with Crippen LogP contribution in [0.1, 0.15) is 36.5 Å². The Morgan fingerprint density at radius 3 is 2.29 bits per heavy atom. The number of carbonyl (C=O) groups is 1. The third-order valence-electron chi connectivity index (χ3n) is 4.09. The third-order valence-corrected chi connectivity index (χ3v) is 4.09. The lowest BCUT2D eigenvalue weighted by molar-refractivity contribution is -0.122. The number of nitrogens with zero attached hydrogens (tertiary/aromatic N) is 1. The number of nitrogens with one attached hydrogen (secondary N) is 1. The Bertz CT molecular complexity index is 620. The molecule has 0 aliphatic rings. The number of likely N-dealkylation sites (N-methyl/N-ethyl adjacent to an activating group) is 1. The lowest BCUT2D eigenvalue weighted by Crippen LogP contribution is -2.35. The molecule has 0 aliphatic carbocycles. The fourth-order valence-corrected chi connectivity index (χ4v) is 2.67. The minimum Gasteiger partial charge on any atom is -0.355 e. The van der Waals surface area contributed by atoms with Gasteiger partial charge < -0.3 is 5.32 Å². The first-order valence-corrected chi connectivity index (χ1v) is 8.62. The van der Waals surface area contributed by atoms with Gasteiger partial charge in [-0.05, 0) is 36.1 Å². The minimum atomic E-state index is 0.0761. The predicted octanol–water partition coefficient (Wildman–Crippen LogP) is 3.60.